The average molecular weight is 241 g/mol. The van der Waals surface area contributed by atoms with E-state index in [4.69, 9.17) is 10.9 Å². The fraction of sp³-hybridized carbons (Fsp3) is 0.923. The summed E-state index contributed by atoms with van der Waals surface area (Å²) in [5.74, 6) is 1.17. The van der Waals surface area contributed by atoms with Crippen LogP contribution in [-0.2, 0) is 0 Å². The molecule has 17 heavy (non-hydrogen) atoms. The summed E-state index contributed by atoms with van der Waals surface area (Å²) in [6.45, 7) is 10.6. The van der Waals surface area contributed by atoms with E-state index in [-0.39, 0.29) is 0 Å². The molecular weight excluding hydrogens is 214 g/mol. The Labute approximate surface area is 105 Å². The third-order valence-electron chi connectivity index (χ3n) is 3.78. The molecule has 100 valence electrons. The minimum atomic E-state index is 0.346. The van der Waals surface area contributed by atoms with Crippen LogP contribution in [0.15, 0.2) is 5.16 Å². The maximum Gasteiger partial charge on any atom is 0.139 e. The fourth-order valence-electron chi connectivity index (χ4n) is 2.43. The Hall–Kier alpha value is -0.770. The first-order valence-electron chi connectivity index (χ1n) is 6.62. The molecule has 0 spiro atoms. The van der Waals surface area contributed by atoms with Crippen LogP contribution in [0.5, 0.6) is 0 Å². The zero-order valence-corrected chi connectivity index (χ0v) is 11.4. The topological polar surface area (TPSA) is 61.8 Å². The number of likely N-dealkylation sites (tertiary alicyclic amines) is 1. The van der Waals surface area contributed by atoms with Gasteiger partial charge in [0, 0.05) is 13.0 Å². The van der Waals surface area contributed by atoms with Crippen molar-refractivity contribution in [1.82, 2.24) is 4.90 Å². The third-order valence-corrected chi connectivity index (χ3v) is 3.78. The van der Waals surface area contributed by atoms with Gasteiger partial charge in [-0.3, -0.25) is 0 Å². The second-order valence-electron chi connectivity index (χ2n) is 6.20. The van der Waals surface area contributed by atoms with Crippen LogP contribution in [0, 0.1) is 11.3 Å². The molecule has 0 aromatic heterocycles. The normalized spacial score (nSPS) is 23.2. The van der Waals surface area contributed by atoms with Gasteiger partial charge in [-0.05, 0) is 43.7 Å². The summed E-state index contributed by atoms with van der Waals surface area (Å²) in [6, 6.07) is 0. The van der Waals surface area contributed by atoms with Crippen LogP contribution in [0.25, 0.3) is 0 Å². The molecular formula is C13H27N3O. The lowest BCUT2D eigenvalue weighted by Crippen LogP contribution is -2.26. The number of hydrogen-bond donors (Lipinski definition) is 2. The van der Waals surface area contributed by atoms with Crippen molar-refractivity contribution in [3.8, 4) is 0 Å². The summed E-state index contributed by atoms with van der Waals surface area (Å²) in [4.78, 5) is 2.54. The first kappa shape index (κ1) is 14.3. The predicted molar refractivity (Wildman–Crippen MR) is 71.3 cm³/mol. The van der Waals surface area contributed by atoms with Gasteiger partial charge in [-0.1, -0.05) is 25.9 Å². The minimum Gasteiger partial charge on any atom is -0.409 e. The quantitative estimate of drug-likeness (QED) is 0.255. The van der Waals surface area contributed by atoms with Crippen molar-refractivity contribution in [3.63, 3.8) is 0 Å². The van der Waals surface area contributed by atoms with Gasteiger partial charge in [0.15, 0.2) is 0 Å². The van der Waals surface area contributed by atoms with Gasteiger partial charge in [-0.2, -0.15) is 0 Å². The van der Waals surface area contributed by atoms with Crippen LogP contribution < -0.4 is 5.73 Å². The van der Waals surface area contributed by atoms with E-state index in [1.54, 1.807) is 0 Å². The number of hydrogen-bond acceptors (Lipinski definition) is 3. The number of rotatable bonds is 5. The van der Waals surface area contributed by atoms with Gasteiger partial charge in [-0.25, -0.2) is 0 Å². The summed E-state index contributed by atoms with van der Waals surface area (Å²) in [6.07, 6.45) is 4.16. The molecule has 1 aliphatic rings. The first-order valence-corrected chi connectivity index (χ1v) is 6.62. The minimum absolute atomic E-state index is 0.346. The van der Waals surface area contributed by atoms with Crippen LogP contribution in [0.3, 0.4) is 0 Å². The molecule has 3 N–H and O–H groups in total. The predicted octanol–water partition coefficient (Wildman–Crippen LogP) is 2.27. The first-order chi connectivity index (χ1) is 7.93. The average Bonchev–Trinajstić information content (AvgIpc) is 2.72. The lowest BCUT2D eigenvalue weighted by Gasteiger charge is -2.27. The van der Waals surface area contributed by atoms with Gasteiger partial charge in [0.05, 0.1) is 0 Å². The van der Waals surface area contributed by atoms with Gasteiger partial charge < -0.3 is 15.8 Å². The molecule has 0 aliphatic carbocycles. The molecule has 0 saturated carbocycles. The largest absolute Gasteiger partial charge is 0.409 e. The highest BCUT2D eigenvalue weighted by Crippen LogP contribution is 2.33. The molecule has 1 rings (SSSR count). The number of amidine groups is 1. The van der Waals surface area contributed by atoms with Crippen molar-refractivity contribution >= 4 is 5.84 Å². The summed E-state index contributed by atoms with van der Waals surface area (Å²) in [5.41, 5.74) is 5.87. The zero-order valence-electron chi connectivity index (χ0n) is 11.4. The zero-order chi connectivity index (χ0) is 12.9. The molecule has 1 heterocycles. The monoisotopic (exact) mass is 241 g/mol. The van der Waals surface area contributed by atoms with Crippen molar-refractivity contribution in [1.29, 1.82) is 0 Å². The van der Waals surface area contributed by atoms with Crippen molar-refractivity contribution in [3.05, 3.63) is 0 Å². The van der Waals surface area contributed by atoms with E-state index in [2.05, 4.69) is 30.8 Å². The molecule has 1 aliphatic heterocycles. The molecule has 0 bridgehead atoms. The number of nitrogens with two attached hydrogens (primary N) is 1. The SMILES string of the molecule is CC(C)(C)C1CCN(CCCCC(N)=NO)C1. The van der Waals surface area contributed by atoms with Gasteiger partial charge in [0.2, 0.25) is 0 Å². The van der Waals surface area contributed by atoms with Gasteiger partial charge >= 0.3 is 0 Å². The molecule has 1 atom stereocenters. The summed E-state index contributed by atoms with van der Waals surface area (Å²) < 4.78 is 0. The number of oxime groups is 1. The molecule has 1 saturated heterocycles. The van der Waals surface area contributed by atoms with Crippen LogP contribution in [0.4, 0.5) is 0 Å². The summed E-state index contributed by atoms with van der Waals surface area (Å²) in [5, 5.41) is 11.4. The summed E-state index contributed by atoms with van der Waals surface area (Å²) in [7, 11) is 0. The Morgan fingerprint density at radius 3 is 2.65 bits per heavy atom. The maximum absolute atomic E-state index is 8.42. The second kappa shape index (κ2) is 6.24. The van der Waals surface area contributed by atoms with E-state index in [1.165, 1.54) is 19.5 Å². The van der Waals surface area contributed by atoms with Crippen LogP contribution in [0.2, 0.25) is 0 Å². The molecule has 1 unspecified atom stereocenters. The smallest absolute Gasteiger partial charge is 0.139 e. The van der Waals surface area contributed by atoms with Gasteiger partial charge in [-0.15, -0.1) is 0 Å². The Bertz CT molecular complexity index is 258. The Morgan fingerprint density at radius 2 is 2.12 bits per heavy atom. The highest BCUT2D eigenvalue weighted by Gasteiger charge is 2.31. The summed E-state index contributed by atoms with van der Waals surface area (Å²) >= 11 is 0. The van der Waals surface area contributed by atoms with E-state index in [0.29, 0.717) is 17.7 Å². The lowest BCUT2D eigenvalue weighted by molar-refractivity contribution is 0.228. The molecule has 4 nitrogen and oxygen atoms in total. The molecule has 0 aromatic carbocycles. The standard InChI is InChI=1S/C13H27N3O/c1-13(2,3)11-7-9-16(10-11)8-5-4-6-12(14)15-17/h11,17H,4-10H2,1-3H3,(H2,14,15). The Morgan fingerprint density at radius 1 is 1.41 bits per heavy atom. The number of nitrogens with zero attached hydrogens (tertiary/aromatic N) is 2. The maximum atomic E-state index is 8.42. The van der Waals surface area contributed by atoms with E-state index in [0.717, 1.165) is 25.3 Å². The molecule has 0 aromatic rings. The van der Waals surface area contributed by atoms with Crippen molar-refractivity contribution in [2.45, 2.75) is 46.5 Å². The Kier molecular flexibility index (Phi) is 5.25. The third kappa shape index (κ3) is 4.94. The molecule has 0 radical (unpaired) electrons. The number of unbranched alkanes of at least 4 members (excludes halogenated alkanes) is 1. The van der Waals surface area contributed by atoms with Crippen LogP contribution in [-0.4, -0.2) is 35.6 Å². The fourth-order valence-corrected chi connectivity index (χ4v) is 2.43. The van der Waals surface area contributed by atoms with Crippen molar-refractivity contribution in [2.75, 3.05) is 19.6 Å². The van der Waals surface area contributed by atoms with Crippen LogP contribution in [0.1, 0.15) is 46.5 Å². The molecule has 1 fully saturated rings. The van der Waals surface area contributed by atoms with Crippen molar-refractivity contribution < 1.29 is 5.21 Å². The van der Waals surface area contributed by atoms with E-state index >= 15 is 0 Å². The second-order valence-corrected chi connectivity index (χ2v) is 6.20. The van der Waals surface area contributed by atoms with E-state index < -0.39 is 0 Å². The van der Waals surface area contributed by atoms with Crippen LogP contribution >= 0.6 is 0 Å². The lowest BCUT2D eigenvalue weighted by atomic mass is 9.80. The van der Waals surface area contributed by atoms with Gasteiger partial charge in [0.1, 0.15) is 5.84 Å². The van der Waals surface area contributed by atoms with Gasteiger partial charge in [0.25, 0.3) is 0 Å². The van der Waals surface area contributed by atoms with E-state index in [9.17, 15) is 0 Å². The Balaban J connectivity index is 2.14. The highest BCUT2D eigenvalue weighted by molar-refractivity contribution is 5.79. The molecule has 0 amide bonds. The highest BCUT2D eigenvalue weighted by atomic mass is 16.4. The van der Waals surface area contributed by atoms with E-state index in [1.807, 2.05) is 0 Å². The van der Waals surface area contributed by atoms with Crippen molar-refractivity contribution in [2.24, 2.45) is 22.2 Å². The molecule has 4 heteroatoms.